The van der Waals surface area contributed by atoms with Gasteiger partial charge in [0.1, 0.15) is 5.75 Å². The van der Waals surface area contributed by atoms with Gasteiger partial charge in [-0.25, -0.2) is 13.2 Å². The van der Waals surface area contributed by atoms with Crippen LogP contribution in [0.15, 0.2) is 6.07 Å². The summed E-state index contributed by atoms with van der Waals surface area (Å²) in [6.07, 6.45) is 2.90. The van der Waals surface area contributed by atoms with E-state index in [-0.39, 0.29) is 42.3 Å². The zero-order chi connectivity index (χ0) is 15.0. The summed E-state index contributed by atoms with van der Waals surface area (Å²) >= 11 is 0. The molecule has 23 heavy (non-hydrogen) atoms. The summed E-state index contributed by atoms with van der Waals surface area (Å²) in [7, 11) is 0. The first-order chi connectivity index (χ1) is 10.1. The molecule has 3 nitrogen and oxygen atoms in total. The molecule has 0 bridgehead atoms. The monoisotopic (exact) mass is 372 g/mol. The van der Waals surface area contributed by atoms with Gasteiger partial charge in [0.2, 0.25) is 0 Å². The molecule has 0 unspecified atom stereocenters. The van der Waals surface area contributed by atoms with Gasteiger partial charge in [-0.05, 0) is 18.8 Å². The average Bonchev–Trinajstić information content (AvgIpc) is 2.43. The first kappa shape index (κ1) is 20.4. The Labute approximate surface area is 146 Å². The molecule has 1 aromatic rings. The smallest absolute Gasteiger partial charge is 0.195 e. The molecule has 1 saturated carbocycles. The molecule has 0 spiro atoms. The van der Waals surface area contributed by atoms with Crippen LogP contribution in [0, 0.1) is 23.4 Å². The van der Waals surface area contributed by atoms with Crippen molar-refractivity contribution in [1.29, 1.82) is 0 Å². The molecule has 2 fully saturated rings. The Kier molecular flexibility index (Phi) is 7.45. The van der Waals surface area contributed by atoms with Gasteiger partial charge in [-0.15, -0.1) is 24.8 Å². The number of aromatic hydroxyl groups is 1. The third-order valence-corrected chi connectivity index (χ3v) is 4.62. The van der Waals surface area contributed by atoms with E-state index in [9.17, 15) is 18.3 Å². The second kappa shape index (κ2) is 8.42. The Morgan fingerprint density at radius 1 is 1.09 bits per heavy atom. The van der Waals surface area contributed by atoms with Crippen molar-refractivity contribution < 1.29 is 18.3 Å². The lowest BCUT2D eigenvalue weighted by molar-refractivity contribution is 0.0785. The van der Waals surface area contributed by atoms with Gasteiger partial charge in [0.05, 0.1) is 5.56 Å². The fraction of sp³-hybridized carbons (Fsp3) is 0.600. The van der Waals surface area contributed by atoms with Crippen molar-refractivity contribution in [2.24, 2.45) is 5.92 Å². The maximum atomic E-state index is 14.2. The van der Waals surface area contributed by atoms with Crippen LogP contribution in [0.3, 0.4) is 0 Å². The number of rotatable bonds is 3. The molecule has 1 heterocycles. The van der Waals surface area contributed by atoms with E-state index in [0.717, 1.165) is 32.4 Å². The highest BCUT2D eigenvalue weighted by atomic mass is 35.5. The van der Waals surface area contributed by atoms with Gasteiger partial charge in [0.25, 0.3) is 0 Å². The molecule has 0 aromatic heterocycles. The first-order valence-corrected chi connectivity index (χ1v) is 7.40. The summed E-state index contributed by atoms with van der Waals surface area (Å²) in [5.41, 5.74) is -0.0829. The first-order valence-electron chi connectivity index (χ1n) is 7.40. The SMILES string of the molecule is Cl.Cl.Oc1cc(F)c(F)c(F)c1[C@H](C1CCC1)N1CCNCC1. The van der Waals surface area contributed by atoms with Gasteiger partial charge in [-0.2, -0.15) is 0 Å². The Balaban J connectivity index is 0.00000132. The van der Waals surface area contributed by atoms with Crippen molar-refractivity contribution >= 4 is 24.8 Å². The number of phenols is 1. The highest BCUT2D eigenvalue weighted by Gasteiger charge is 2.38. The highest BCUT2D eigenvalue weighted by Crippen LogP contribution is 2.45. The number of piperazine rings is 1. The minimum atomic E-state index is -1.50. The van der Waals surface area contributed by atoms with E-state index in [4.69, 9.17) is 0 Å². The third kappa shape index (κ3) is 3.87. The van der Waals surface area contributed by atoms with E-state index in [1.54, 1.807) is 0 Å². The van der Waals surface area contributed by atoms with Crippen LogP contribution in [0.1, 0.15) is 30.9 Å². The van der Waals surface area contributed by atoms with Gasteiger partial charge in [-0.3, -0.25) is 4.90 Å². The maximum Gasteiger partial charge on any atom is 0.195 e. The summed E-state index contributed by atoms with van der Waals surface area (Å²) in [5.74, 6) is -4.39. The molecular weight excluding hydrogens is 352 g/mol. The van der Waals surface area contributed by atoms with Crippen molar-refractivity contribution in [1.82, 2.24) is 10.2 Å². The average molecular weight is 373 g/mol. The minimum Gasteiger partial charge on any atom is -0.507 e. The van der Waals surface area contributed by atoms with Crippen molar-refractivity contribution in [3.05, 3.63) is 29.1 Å². The standard InChI is InChI=1S/C15H19F3N2O.2ClH/c16-10-8-11(21)12(14(18)13(10)17)15(9-2-1-3-9)20-6-4-19-5-7-20;;/h8-9,15,19,21H,1-7H2;2*1H/t15-;;/m0../s1. The number of nitrogens with one attached hydrogen (secondary N) is 1. The Morgan fingerprint density at radius 2 is 1.70 bits per heavy atom. The van der Waals surface area contributed by atoms with Crippen LogP contribution in [0.25, 0.3) is 0 Å². The predicted molar refractivity (Wildman–Crippen MR) is 87.0 cm³/mol. The van der Waals surface area contributed by atoms with Gasteiger partial charge in [0, 0.05) is 38.3 Å². The number of hydrogen-bond acceptors (Lipinski definition) is 3. The van der Waals surface area contributed by atoms with Crippen LogP contribution >= 0.6 is 24.8 Å². The summed E-state index contributed by atoms with van der Waals surface area (Å²) in [6.45, 7) is 2.96. The second-order valence-corrected chi connectivity index (χ2v) is 5.84. The molecule has 1 atom stereocenters. The zero-order valence-corrected chi connectivity index (χ0v) is 14.2. The summed E-state index contributed by atoms with van der Waals surface area (Å²) in [6, 6.07) is 0.303. The van der Waals surface area contributed by atoms with E-state index in [1.165, 1.54) is 0 Å². The number of benzene rings is 1. The molecule has 0 amide bonds. The number of nitrogens with zero attached hydrogens (tertiary/aromatic N) is 1. The maximum absolute atomic E-state index is 14.2. The Bertz CT molecular complexity index is 538. The topological polar surface area (TPSA) is 35.5 Å². The molecule has 1 aliphatic heterocycles. The van der Waals surface area contributed by atoms with Gasteiger partial charge < -0.3 is 10.4 Å². The molecule has 2 N–H and O–H groups in total. The Morgan fingerprint density at radius 3 is 2.22 bits per heavy atom. The summed E-state index contributed by atoms with van der Waals surface area (Å²) in [4.78, 5) is 2.07. The van der Waals surface area contributed by atoms with Gasteiger partial charge in [0.15, 0.2) is 17.5 Å². The lowest BCUT2D eigenvalue weighted by Crippen LogP contribution is -2.48. The van der Waals surface area contributed by atoms with Crippen LogP contribution in [-0.2, 0) is 0 Å². The lowest BCUT2D eigenvalue weighted by Gasteiger charge is -2.43. The van der Waals surface area contributed by atoms with Crippen LogP contribution in [0.2, 0.25) is 0 Å². The normalized spacial score (nSPS) is 20.1. The van der Waals surface area contributed by atoms with Crippen LogP contribution < -0.4 is 5.32 Å². The molecule has 3 rings (SSSR count). The molecule has 1 saturated heterocycles. The van der Waals surface area contributed by atoms with Crippen molar-refractivity contribution in [3.63, 3.8) is 0 Å². The minimum absolute atomic E-state index is 0. The molecule has 8 heteroatoms. The predicted octanol–water partition coefficient (Wildman–Crippen LogP) is 3.40. The largest absolute Gasteiger partial charge is 0.507 e. The number of halogens is 5. The van der Waals surface area contributed by atoms with E-state index in [0.29, 0.717) is 19.2 Å². The fourth-order valence-corrected chi connectivity index (χ4v) is 3.31. The molecule has 1 aromatic carbocycles. The molecular formula is C15H21Cl2F3N2O. The van der Waals surface area contributed by atoms with Crippen molar-refractivity contribution in [2.45, 2.75) is 25.3 Å². The zero-order valence-electron chi connectivity index (χ0n) is 12.5. The molecule has 132 valence electrons. The third-order valence-electron chi connectivity index (χ3n) is 4.62. The van der Waals surface area contributed by atoms with Crippen LogP contribution in [0.5, 0.6) is 5.75 Å². The molecule has 1 aliphatic carbocycles. The fourth-order valence-electron chi connectivity index (χ4n) is 3.31. The molecule has 2 aliphatic rings. The lowest BCUT2D eigenvalue weighted by atomic mass is 9.76. The van der Waals surface area contributed by atoms with E-state index in [2.05, 4.69) is 10.2 Å². The summed E-state index contributed by atoms with van der Waals surface area (Å²) in [5, 5.41) is 13.2. The van der Waals surface area contributed by atoms with Crippen LogP contribution in [0.4, 0.5) is 13.2 Å². The van der Waals surface area contributed by atoms with E-state index in [1.807, 2.05) is 0 Å². The van der Waals surface area contributed by atoms with E-state index < -0.39 is 23.2 Å². The highest BCUT2D eigenvalue weighted by molar-refractivity contribution is 5.85. The van der Waals surface area contributed by atoms with Crippen molar-refractivity contribution in [2.75, 3.05) is 26.2 Å². The Hall–Kier alpha value is -0.690. The van der Waals surface area contributed by atoms with Gasteiger partial charge in [-0.1, -0.05) is 6.42 Å². The number of hydrogen-bond donors (Lipinski definition) is 2. The molecule has 0 radical (unpaired) electrons. The van der Waals surface area contributed by atoms with Gasteiger partial charge >= 0.3 is 0 Å². The van der Waals surface area contributed by atoms with E-state index >= 15 is 0 Å². The summed E-state index contributed by atoms with van der Waals surface area (Å²) < 4.78 is 41.0. The quantitative estimate of drug-likeness (QED) is 0.798. The second-order valence-electron chi connectivity index (χ2n) is 5.84. The van der Waals surface area contributed by atoms with Crippen molar-refractivity contribution in [3.8, 4) is 5.75 Å². The van der Waals surface area contributed by atoms with Crippen LogP contribution in [-0.4, -0.2) is 36.2 Å². The number of phenolic OH excluding ortho intramolecular Hbond substituents is 1.